The molecule has 0 unspecified atom stereocenters. The highest BCUT2D eigenvalue weighted by Gasteiger charge is 2.43. The molecule has 0 spiro atoms. The Hall–Kier alpha value is -2.01. The number of hydrogen-bond donors (Lipinski definition) is 0. The van der Waals surface area contributed by atoms with Gasteiger partial charge in [0.25, 0.3) is 0 Å². The topological polar surface area (TPSA) is 0 Å². The molecule has 0 bridgehead atoms. The molecule has 1 aliphatic rings. The zero-order valence-electron chi connectivity index (χ0n) is 29.8. The van der Waals surface area contributed by atoms with E-state index in [9.17, 15) is 0 Å². The summed E-state index contributed by atoms with van der Waals surface area (Å²) >= 11 is 0. The SMILES string of the molecule is CCCCCCC1(CCCCCC)c2cc(C#C[Si](C)(C)C)ccc2-c2ccc(C#C[Si](C(C)C)(C(C)C)C(C)C)cc21. The Morgan fingerprint density at radius 2 is 1.00 bits per heavy atom. The van der Waals surface area contributed by atoms with E-state index in [1.54, 1.807) is 11.1 Å². The van der Waals surface area contributed by atoms with Crippen LogP contribution in [0.15, 0.2) is 36.4 Å². The van der Waals surface area contributed by atoms with Crippen LogP contribution in [0.3, 0.4) is 0 Å². The first kappa shape index (κ1) is 35.5. The molecule has 0 aromatic heterocycles. The molecule has 0 amide bonds. The van der Waals surface area contributed by atoms with E-state index in [1.165, 1.54) is 86.5 Å². The van der Waals surface area contributed by atoms with Gasteiger partial charge >= 0.3 is 0 Å². The van der Waals surface area contributed by atoms with Gasteiger partial charge in [-0.15, -0.1) is 11.1 Å². The highest BCUT2D eigenvalue weighted by Crippen LogP contribution is 2.54. The first-order chi connectivity index (χ1) is 20.3. The normalized spacial score (nSPS) is 13.9. The fourth-order valence-corrected chi connectivity index (χ4v) is 13.6. The molecule has 234 valence electrons. The average Bonchev–Trinajstić information content (AvgIpc) is 3.20. The number of unbranched alkanes of at least 4 members (excludes halogenated alkanes) is 6. The summed E-state index contributed by atoms with van der Waals surface area (Å²) in [5, 5.41) is 0. The quantitative estimate of drug-likeness (QED) is 0.120. The smallest absolute Gasteiger partial charge is 0.127 e. The number of rotatable bonds is 13. The lowest BCUT2D eigenvalue weighted by molar-refractivity contribution is 0.401. The van der Waals surface area contributed by atoms with Crippen LogP contribution >= 0.6 is 0 Å². The van der Waals surface area contributed by atoms with Crippen molar-refractivity contribution in [2.75, 3.05) is 0 Å². The van der Waals surface area contributed by atoms with Gasteiger partial charge in [-0.05, 0) is 76.0 Å². The van der Waals surface area contributed by atoms with Gasteiger partial charge in [0.05, 0.1) is 0 Å². The summed E-state index contributed by atoms with van der Waals surface area (Å²) < 4.78 is 0. The Bertz CT molecular complexity index is 1300. The van der Waals surface area contributed by atoms with Crippen molar-refractivity contribution in [3.63, 3.8) is 0 Å². The molecule has 0 atom stereocenters. The van der Waals surface area contributed by atoms with Crippen molar-refractivity contribution < 1.29 is 0 Å². The molecule has 0 nitrogen and oxygen atoms in total. The van der Waals surface area contributed by atoms with Gasteiger partial charge in [-0.1, -0.05) is 150 Å². The Labute approximate surface area is 269 Å². The van der Waals surface area contributed by atoms with Gasteiger partial charge in [-0.2, -0.15) is 0 Å². The van der Waals surface area contributed by atoms with Gasteiger partial charge in [-0.3, -0.25) is 0 Å². The van der Waals surface area contributed by atoms with Crippen molar-refractivity contribution in [3.05, 3.63) is 58.7 Å². The van der Waals surface area contributed by atoms with Crippen LogP contribution in [0.25, 0.3) is 11.1 Å². The van der Waals surface area contributed by atoms with Crippen LogP contribution < -0.4 is 0 Å². The Kier molecular flexibility index (Phi) is 12.6. The second-order valence-corrected chi connectivity index (χ2v) is 25.7. The minimum atomic E-state index is -1.80. The molecular formula is C41H62Si2. The largest absolute Gasteiger partial charge is 0.146 e. The van der Waals surface area contributed by atoms with Gasteiger partial charge in [0.2, 0.25) is 0 Å². The highest BCUT2D eigenvalue weighted by atomic mass is 28.3. The maximum atomic E-state index is 4.02. The van der Waals surface area contributed by atoms with E-state index in [-0.39, 0.29) is 5.41 Å². The highest BCUT2D eigenvalue weighted by molar-refractivity contribution is 6.90. The molecule has 0 N–H and O–H groups in total. The van der Waals surface area contributed by atoms with Crippen LogP contribution in [0.4, 0.5) is 0 Å². The van der Waals surface area contributed by atoms with Crippen molar-refractivity contribution in [1.82, 2.24) is 0 Å². The third-order valence-electron chi connectivity index (χ3n) is 10.1. The second kappa shape index (κ2) is 15.3. The van der Waals surface area contributed by atoms with E-state index in [4.69, 9.17) is 0 Å². The van der Waals surface area contributed by atoms with Gasteiger partial charge < -0.3 is 0 Å². The van der Waals surface area contributed by atoms with E-state index in [0.29, 0.717) is 16.6 Å². The third-order valence-corrected chi connectivity index (χ3v) is 17.3. The Balaban J connectivity index is 2.22. The molecule has 0 heterocycles. The summed E-state index contributed by atoms with van der Waals surface area (Å²) in [6.07, 6.45) is 12.9. The van der Waals surface area contributed by atoms with Crippen molar-refractivity contribution in [2.24, 2.45) is 0 Å². The third kappa shape index (κ3) is 8.18. The van der Waals surface area contributed by atoms with Gasteiger partial charge in [0.1, 0.15) is 16.1 Å². The molecule has 0 aliphatic heterocycles. The molecule has 0 saturated heterocycles. The van der Waals surface area contributed by atoms with Crippen molar-refractivity contribution in [1.29, 1.82) is 0 Å². The van der Waals surface area contributed by atoms with E-state index in [1.807, 2.05) is 0 Å². The van der Waals surface area contributed by atoms with Crippen LogP contribution in [0.1, 0.15) is 142 Å². The van der Waals surface area contributed by atoms with Gasteiger partial charge in [-0.25, -0.2) is 0 Å². The van der Waals surface area contributed by atoms with E-state index in [0.717, 1.165) is 0 Å². The van der Waals surface area contributed by atoms with Crippen molar-refractivity contribution >= 4 is 16.1 Å². The lowest BCUT2D eigenvalue weighted by atomic mass is 9.70. The second-order valence-electron chi connectivity index (χ2n) is 15.4. The summed E-state index contributed by atoms with van der Waals surface area (Å²) in [5.74, 6) is 7.42. The average molecular weight is 611 g/mol. The Morgan fingerprint density at radius 3 is 1.37 bits per heavy atom. The molecule has 0 radical (unpaired) electrons. The molecule has 3 rings (SSSR count). The summed E-state index contributed by atoms with van der Waals surface area (Å²) in [4.78, 5) is 0. The zero-order chi connectivity index (χ0) is 31.8. The maximum Gasteiger partial charge on any atom is 0.146 e. The lowest BCUT2D eigenvalue weighted by Crippen LogP contribution is -2.43. The van der Waals surface area contributed by atoms with E-state index < -0.39 is 16.1 Å². The molecule has 2 aromatic rings. The first-order valence-electron chi connectivity index (χ1n) is 17.7. The predicted molar refractivity (Wildman–Crippen MR) is 198 cm³/mol. The molecule has 2 aromatic carbocycles. The molecule has 0 fully saturated rings. The van der Waals surface area contributed by atoms with Crippen molar-refractivity contribution in [2.45, 2.75) is 161 Å². The Morgan fingerprint density at radius 1 is 0.581 bits per heavy atom. The fraction of sp³-hybridized carbons (Fsp3) is 0.610. The number of fused-ring (bicyclic) bond motifs is 3. The molecule has 2 heteroatoms. The summed E-state index contributed by atoms with van der Waals surface area (Å²) in [7, 11) is -3.26. The van der Waals surface area contributed by atoms with Crippen LogP contribution in [-0.4, -0.2) is 16.1 Å². The molecular weight excluding hydrogens is 549 g/mol. The minimum absolute atomic E-state index is 0.0589. The molecule has 43 heavy (non-hydrogen) atoms. The monoisotopic (exact) mass is 610 g/mol. The number of benzene rings is 2. The lowest BCUT2D eigenvalue weighted by Gasteiger charge is -2.38. The standard InChI is InChI=1S/C41H62Si2/c1-12-14-16-18-26-41(27-19-17-15-13-2)39-30-35(24-28-42(9,10)11)20-22-37(39)38-23-21-36(31-40(38)41)25-29-43(32(3)4,33(5)6)34(7)8/h20-23,30-34H,12-19,26-27H2,1-11H3. The van der Waals surface area contributed by atoms with Gasteiger partial charge in [0.15, 0.2) is 0 Å². The number of hydrogen-bond acceptors (Lipinski definition) is 0. The van der Waals surface area contributed by atoms with E-state index in [2.05, 4.69) is 134 Å². The molecule has 1 aliphatic carbocycles. The zero-order valence-corrected chi connectivity index (χ0v) is 31.8. The summed E-state index contributed by atoms with van der Waals surface area (Å²) in [6, 6.07) is 14.4. The summed E-state index contributed by atoms with van der Waals surface area (Å²) in [6.45, 7) is 26.2. The van der Waals surface area contributed by atoms with Crippen LogP contribution in [0.5, 0.6) is 0 Å². The summed E-state index contributed by atoms with van der Waals surface area (Å²) in [5.41, 5.74) is 18.0. The van der Waals surface area contributed by atoms with Crippen molar-refractivity contribution in [3.8, 4) is 34.1 Å². The van der Waals surface area contributed by atoms with Crippen LogP contribution in [0.2, 0.25) is 36.3 Å². The minimum Gasteiger partial charge on any atom is -0.127 e. The van der Waals surface area contributed by atoms with E-state index >= 15 is 0 Å². The fourth-order valence-electron chi connectivity index (χ4n) is 7.89. The van der Waals surface area contributed by atoms with Crippen LogP contribution in [-0.2, 0) is 5.41 Å². The predicted octanol–water partition coefficient (Wildman–Crippen LogP) is 12.7. The maximum absolute atomic E-state index is 4.02. The first-order valence-corrected chi connectivity index (χ1v) is 23.4. The van der Waals surface area contributed by atoms with Gasteiger partial charge in [0, 0.05) is 16.5 Å². The van der Waals surface area contributed by atoms with Crippen LogP contribution in [0, 0.1) is 22.9 Å². The molecule has 0 saturated carbocycles.